The maximum atomic E-state index is 12.8. The van der Waals surface area contributed by atoms with E-state index in [1.165, 1.54) is 11.3 Å². The maximum Gasteiger partial charge on any atom is 0.225 e. The lowest BCUT2D eigenvalue weighted by molar-refractivity contribution is -0.132. The molecule has 0 unspecified atom stereocenters. The average Bonchev–Trinajstić information content (AvgIpc) is 3.23. The number of benzene rings is 1. The standard InChI is InChI=1S/C27H28N4O3S/c1-18(20-4-3-5-21(15-20)34-2)14-25(32)30-27-23(16-28)22-10-13-31(17-24(22)35-27)26(33)7-6-19-8-11-29-12-9-19/h3-5,8-9,11-12,15,18H,6-7,10,13-14,17H2,1-2H3,(H,30,32)/t18-/m0/s1. The second-order valence-electron chi connectivity index (χ2n) is 8.67. The zero-order valence-corrected chi connectivity index (χ0v) is 20.7. The molecule has 7 nitrogen and oxygen atoms in total. The van der Waals surface area contributed by atoms with Crippen LogP contribution in [0.5, 0.6) is 5.75 Å². The quantitative estimate of drug-likeness (QED) is 0.497. The van der Waals surface area contributed by atoms with Crippen LogP contribution in [-0.4, -0.2) is 35.4 Å². The lowest BCUT2D eigenvalue weighted by Crippen LogP contribution is -2.35. The molecule has 1 atom stereocenters. The molecule has 1 N–H and O–H groups in total. The molecule has 1 aromatic carbocycles. The Labute approximate surface area is 209 Å². The summed E-state index contributed by atoms with van der Waals surface area (Å²) in [6.45, 7) is 3.04. The van der Waals surface area contributed by atoms with Gasteiger partial charge in [-0.2, -0.15) is 5.26 Å². The lowest BCUT2D eigenvalue weighted by Gasteiger charge is -2.27. The number of carbonyl (C=O) groups is 2. The largest absolute Gasteiger partial charge is 0.497 e. The van der Waals surface area contributed by atoms with Gasteiger partial charge >= 0.3 is 0 Å². The van der Waals surface area contributed by atoms with Crippen molar-refractivity contribution in [2.24, 2.45) is 0 Å². The first-order valence-electron chi connectivity index (χ1n) is 11.6. The van der Waals surface area contributed by atoms with Gasteiger partial charge in [0.15, 0.2) is 0 Å². The second-order valence-corrected chi connectivity index (χ2v) is 9.78. The van der Waals surface area contributed by atoms with Crippen LogP contribution in [0, 0.1) is 11.3 Å². The van der Waals surface area contributed by atoms with Crippen molar-refractivity contribution >= 4 is 28.2 Å². The molecule has 0 aliphatic carbocycles. The van der Waals surface area contributed by atoms with E-state index in [9.17, 15) is 14.9 Å². The van der Waals surface area contributed by atoms with Gasteiger partial charge in [0.2, 0.25) is 11.8 Å². The molecule has 2 aromatic heterocycles. The number of amides is 2. The second kappa shape index (κ2) is 11.2. The molecule has 0 fully saturated rings. The van der Waals surface area contributed by atoms with Gasteiger partial charge in [-0.05, 0) is 59.7 Å². The van der Waals surface area contributed by atoms with Crippen LogP contribution in [0.4, 0.5) is 5.00 Å². The molecule has 8 heteroatoms. The van der Waals surface area contributed by atoms with Crippen molar-refractivity contribution in [1.82, 2.24) is 9.88 Å². The van der Waals surface area contributed by atoms with Gasteiger partial charge in [0.1, 0.15) is 16.8 Å². The SMILES string of the molecule is COc1cccc([C@@H](C)CC(=O)Nc2sc3c(c2C#N)CCN(C(=O)CCc2ccncc2)C3)c1. The predicted octanol–water partition coefficient (Wildman–Crippen LogP) is 4.67. The number of aryl methyl sites for hydroxylation is 1. The Morgan fingerprint density at radius 1 is 1.29 bits per heavy atom. The molecule has 0 saturated heterocycles. The zero-order chi connectivity index (χ0) is 24.8. The van der Waals surface area contributed by atoms with Crippen LogP contribution in [0.15, 0.2) is 48.8 Å². The Balaban J connectivity index is 1.39. The highest BCUT2D eigenvalue weighted by Crippen LogP contribution is 2.37. The molecule has 2 amide bonds. The van der Waals surface area contributed by atoms with Crippen molar-refractivity contribution in [1.29, 1.82) is 5.26 Å². The number of carbonyl (C=O) groups excluding carboxylic acids is 2. The molecule has 35 heavy (non-hydrogen) atoms. The minimum absolute atomic E-state index is 0.00117. The van der Waals surface area contributed by atoms with Gasteiger partial charge in [-0.3, -0.25) is 14.6 Å². The van der Waals surface area contributed by atoms with E-state index in [1.54, 1.807) is 19.5 Å². The van der Waals surface area contributed by atoms with Crippen molar-refractivity contribution < 1.29 is 14.3 Å². The van der Waals surface area contributed by atoms with Crippen LogP contribution in [0.2, 0.25) is 0 Å². The number of nitriles is 1. The Kier molecular flexibility index (Phi) is 7.78. The van der Waals surface area contributed by atoms with Crippen LogP contribution in [0.1, 0.15) is 52.8 Å². The third-order valence-corrected chi connectivity index (χ3v) is 7.44. The minimum atomic E-state index is -0.138. The van der Waals surface area contributed by atoms with Crippen molar-refractivity contribution in [2.75, 3.05) is 19.0 Å². The zero-order valence-electron chi connectivity index (χ0n) is 19.9. The van der Waals surface area contributed by atoms with Crippen molar-refractivity contribution in [3.8, 4) is 11.8 Å². The van der Waals surface area contributed by atoms with Gasteiger partial charge in [-0.15, -0.1) is 11.3 Å². The predicted molar refractivity (Wildman–Crippen MR) is 135 cm³/mol. The van der Waals surface area contributed by atoms with E-state index in [0.717, 1.165) is 27.3 Å². The number of hydrogen-bond acceptors (Lipinski definition) is 6. The highest BCUT2D eigenvalue weighted by atomic mass is 32.1. The molecule has 3 aromatic rings. The topological polar surface area (TPSA) is 95.3 Å². The molecule has 1 aliphatic heterocycles. The van der Waals surface area contributed by atoms with E-state index in [1.807, 2.05) is 48.2 Å². The van der Waals surface area contributed by atoms with Gasteiger partial charge in [-0.25, -0.2) is 0 Å². The van der Waals surface area contributed by atoms with Crippen LogP contribution < -0.4 is 10.1 Å². The summed E-state index contributed by atoms with van der Waals surface area (Å²) < 4.78 is 5.28. The van der Waals surface area contributed by atoms with E-state index >= 15 is 0 Å². The van der Waals surface area contributed by atoms with Gasteiger partial charge in [0, 0.05) is 36.7 Å². The lowest BCUT2D eigenvalue weighted by atomic mass is 9.97. The first-order chi connectivity index (χ1) is 17.0. The number of hydrogen-bond donors (Lipinski definition) is 1. The number of ether oxygens (including phenoxy) is 1. The number of fused-ring (bicyclic) bond motifs is 1. The monoisotopic (exact) mass is 488 g/mol. The van der Waals surface area contributed by atoms with Crippen molar-refractivity contribution in [3.05, 3.63) is 75.9 Å². The first kappa shape index (κ1) is 24.4. The third-order valence-electron chi connectivity index (χ3n) is 6.31. The molecular formula is C27H28N4O3S. The Morgan fingerprint density at radius 2 is 2.09 bits per heavy atom. The van der Waals surface area contributed by atoms with Gasteiger partial charge in [0.05, 0.1) is 19.2 Å². The fourth-order valence-electron chi connectivity index (χ4n) is 4.30. The minimum Gasteiger partial charge on any atom is -0.497 e. The smallest absolute Gasteiger partial charge is 0.225 e. The molecule has 1 aliphatic rings. The fourth-order valence-corrected chi connectivity index (χ4v) is 5.53. The average molecular weight is 489 g/mol. The number of anilines is 1. The molecule has 0 saturated carbocycles. The van der Waals surface area contributed by atoms with Crippen LogP contribution >= 0.6 is 11.3 Å². The molecule has 180 valence electrons. The summed E-state index contributed by atoms with van der Waals surface area (Å²) in [5.41, 5.74) is 3.58. The molecule has 0 bridgehead atoms. The Morgan fingerprint density at radius 3 is 2.83 bits per heavy atom. The summed E-state index contributed by atoms with van der Waals surface area (Å²) in [4.78, 5) is 32.4. The van der Waals surface area contributed by atoms with Crippen molar-refractivity contribution in [2.45, 2.75) is 45.1 Å². The molecule has 3 heterocycles. The third kappa shape index (κ3) is 5.87. The van der Waals surface area contributed by atoms with E-state index in [0.29, 0.717) is 49.3 Å². The highest BCUT2D eigenvalue weighted by molar-refractivity contribution is 7.16. The Hall–Kier alpha value is -3.70. The van der Waals surface area contributed by atoms with E-state index in [4.69, 9.17) is 4.74 Å². The summed E-state index contributed by atoms with van der Waals surface area (Å²) in [5, 5.41) is 13.3. The molecule has 0 spiro atoms. The molecule has 4 rings (SSSR count). The molecular weight excluding hydrogens is 460 g/mol. The Bertz CT molecular complexity index is 1250. The van der Waals surface area contributed by atoms with Crippen LogP contribution in [0.3, 0.4) is 0 Å². The van der Waals surface area contributed by atoms with E-state index < -0.39 is 0 Å². The number of nitrogens with one attached hydrogen (secondary N) is 1. The molecule has 0 radical (unpaired) electrons. The number of rotatable bonds is 8. The highest BCUT2D eigenvalue weighted by Gasteiger charge is 2.27. The summed E-state index contributed by atoms with van der Waals surface area (Å²) in [5.74, 6) is 0.712. The number of nitrogens with zero attached hydrogens (tertiary/aromatic N) is 3. The summed E-state index contributed by atoms with van der Waals surface area (Å²) >= 11 is 1.40. The maximum absolute atomic E-state index is 12.8. The summed E-state index contributed by atoms with van der Waals surface area (Å²) in [6, 6.07) is 13.8. The number of aromatic nitrogens is 1. The summed E-state index contributed by atoms with van der Waals surface area (Å²) in [7, 11) is 1.62. The van der Waals surface area contributed by atoms with Crippen LogP contribution in [0.25, 0.3) is 0 Å². The van der Waals surface area contributed by atoms with E-state index in [2.05, 4.69) is 16.4 Å². The first-order valence-corrected chi connectivity index (χ1v) is 12.4. The van der Waals surface area contributed by atoms with Crippen molar-refractivity contribution in [3.63, 3.8) is 0 Å². The van der Waals surface area contributed by atoms with Crippen LogP contribution in [-0.2, 0) is 29.0 Å². The summed E-state index contributed by atoms with van der Waals surface area (Å²) in [6.07, 6.45) is 5.48. The van der Waals surface area contributed by atoms with Gasteiger partial charge < -0.3 is 15.0 Å². The fraction of sp³-hybridized carbons (Fsp3) is 0.333. The number of thiophene rings is 1. The normalized spacial score (nSPS) is 13.5. The number of methoxy groups -OCH3 is 1. The number of pyridine rings is 1. The van der Waals surface area contributed by atoms with E-state index in [-0.39, 0.29) is 17.7 Å². The van der Waals surface area contributed by atoms with Gasteiger partial charge in [-0.1, -0.05) is 19.1 Å². The van der Waals surface area contributed by atoms with Gasteiger partial charge in [0.25, 0.3) is 0 Å².